The summed E-state index contributed by atoms with van der Waals surface area (Å²) in [5.41, 5.74) is 3.07. The molecule has 1 amide bonds. The van der Waals surface area contributed by atoms with Crippen molar-refractivity contribution in [2.75, 3.05) is 0 Å². The Bertz CT molecular complexity index is 957. The van der Waals surface area contributed by atoms with Gasteiger partial charge in [0.1, 0.15) is 6.04 Å². The molecule has 0 saturated heterocycles. The highest BCUT2D eigenvalue weighted by atomic mass is 16.2. The third-order valence-electron chi connectivity index (χ3n) is 4.84. The number of rotatable bonds is 6. The van der Waals surface area contributed by atoms with Gasteiger partial charge in [0, 0.05) is 12.4 Å². The van der Waals surface area contributed by atoms with Gasteiger partial charge in [0.2, 0.25) is 5.91 Å². The van der Waals surface area contributed by atoms with Crippen molar-refractivity contribution in [2.45, 2.75) is 12.1 Å². The van der Waals surface area contributed by atoms with Crippen molar-refractivity contribution in [2.24, 2.45) is 0 Å². The molecule has 0 bridgehead atoms. The van der Waals surface area contributed by atoms with Crippen LogP contribution in [0.25, 0.3) is 0 Å². The largest absolute Gasteiger partial charge is 0.343 e. The fourth-order valence-corrected chi connectivity index (χ4v) is 3.49. The molecular weight excluding hydrogens is 344 g/mol. The Balaban J connectivity index is 1.70. The predicted molar refractivity (Wildman–Crippen MR) is 112 cm³/mol. The van der Waals surface area contributed by atoms with E-state index in [1.165, 1.54) is 0 Å². The fourth-order valence-electron chi connectivity index (χ4n) is 3.49. The van der Waals surface area contributed by atoms with Crippen LogP contribution in [0.5, 0.6) is 0 Å². The Labute approximate surface area is 165 Å². The summed E-state index contributed by atoms with van der Waals surface area (Å²) in [7, 11) is 0. The van der Waals surface area contributed by atoms with Crippen LogP contribution in [0, 0.1) is 0 Å². The monoisotopic (exact) mass is 366 g/mol. The number of carbonyl (C=O) groups excluding carboxylic acids is 1. The molecule has 0 aliphatic carbocycles. The highest BCUT2D eigenvalue weighted by Gasteiger charge is 2.25. The smallest absolute Gasteiger partial charge is 0.248 e. The summed E-state index contributed by atoms with van der Waals surface area (Å²) >= 11 is 0. The number of carbonyl (C=O) groups is 1. The lowest BCUT2D eigenvalue weighted by Gasteiger charge is -2.25. The van der Waals surface area contributed by atoms with Gasteiger partial charge in [-0.05, 0) is 28.8 Å². The summed E-state index contributed by atoms with van der Waals surface area (Å²) in [6, 6.07) is 33.3. The van der Waals surface area contributed by atoms with Gasteiger partial charge < -0.3 is 9.88 Å². The molecular formula is C25H22N2O. The SMILES string of the molecule is O=C(NC(c1ccccc1)c1ccccc1)[C@H](c1ccccc1)n1cccc1. The number of nitrogens with zero attached hydrogens (tertiary/aromatic N) is 1. The van der Waals surface area contributed by atoms with E-state index in [9.17, 15) is 4.79 Å². The lowest BCUT2D eigenvalue weighted by atomic mass is 9.97. The summed E-state index contributed by atoms with van der Waals surface area (Å²) in [5.74, 6) is -0.0416. The van der Waals surface area contributed by atoms with Crippen LogP contribution in [0.2, 0.25) is 0 Å². The Morgan fingerprint density at radius 1 is 0.607 bits per heavy atom. The first-order valence-electron chi connectivity index (χ1n) is 9.40. The van der Waals surface area contributed by atoms with Crippen LogP contribution in [0.4, 0.5) is 0 Å². The molecule has 4 aromatic rings. The normalized spacial score (nSPS) is 11.9. The Morgan fingerprint density at radius 3 is 1.50 bits per heavy atom. The number of hydrogen-bond donors (Lipinski definition) is 1. The van der Waals surface area contributed by atoms with E-state index in [1.54, 1.807) is 0 Å². The number of nitrogens with one attached hydrogen (secondary N) is 1. The topological polar surface area (TPSA) is 34.0 Å². The second-order valence-corrected chi connectivity index (χ2v) is 6.71. The van der Waals surface area contributed by atoms with E-state index >= 15 is 0 Å². The molecule has 4 rings (SSSR count). The van der Waals surface area contributed by atoms with E-state index in [4.69, 9.17) is 0 Å². The van der Waals surface area contributed by atoms with Crippen molar-refractivity contribution in [1.82, 2.24) is 9.88 Å². The minimum atomic E-state index is -0.425. The van der Waals surface area contributed by atoms with Crippen molar-refractivity contribution in [3.8, 4) is 0 Å². The van der Waals surface area contributed by atoms with Gasteiger partial charge in [-0.1, -0.05) is 91.0 Å². The van der Waals surface area contributed by atoms with E-state index in [0.717, 1.165) is 16.7 Å². The van der Waals surface area contributed by atoms with Crippen molar-refractivity contribution in [1.29, 1.82) is 0 Å². The van der Waals surface area contributed by atoms with Crippen LogP contribution in [0.15, 0.2) is 116 Å². The highest BCUT2D eigenvalue weighted by Crippen LogP contribution is 2.25. The Kier molecular flexibility index (Phi) is 5.34. The molecule has 0 unspecified atom stereocenters. The van der Waals surface area contributed by atoms with Gasteiger partial charge in [0.15, 0.2) is 0 Å². The van der Waals surface area contributed by atoms with Crippen LogP contribution in [-0.4, -0.2) is 10.5 Å². The first-order valence-corrected chi connectivity index (χ1v) is 9.40. The standard InChI is InChI=1S/C25H22N2O/c28-25(24(27-18-10-11-19-27)22-16-8-3-9-17-22)26-23(20-12-4-1-5-13-20)21-14-6-2-7-15-21/h1-19,23-24H,(H,26,28)/t24-/m0/s1. The van der Waals surface area contributed by atoms with E-state index < -0.39 is 6.04 Å². The van der Waals surface area contributed by atoms with Crippen molar-refractivity contribution < 1.29 is 4.79 Å². The average molecular weight is 366 g/mol. The molecule has 28 heavy (non-hydrogen) atoms. The minimum Gasteiger partial charge on any atom is -0.343 e. The minimum absolute atomic E-state index is 0.0416. The van der Waals surface area contributed by atoms with Crippen LogP contribution < -0.4 is 5.32 Å². The molecule has 138 valence electrons. The lowest BCUT2D eigenvalue weighted by Crippen LogP contribution is -2.36. The van der Waals surface area contributed by atoms with Gasteiger partial charge in [-0.3, -0.25) is 4.79 Å². The number of hydrogen-bond acceptors (Lipinski definition) is 1. The molecule has 1 heterocycles. The van der Waals surface area contributed by atoms with E-state index in [0.29, 0.717) is 0 Å². The summed E-state index contributed by atoms with van der Waals surface area (Å²) in [4.78, 5) is 13.5. The van der Waals surface area contributed by atoms with Gasteiger partial charge in [-0.2, -0.15) is 0 Å². The zero-order chi connectivity index (χ0) is 19.2. The summed E-state index contributed by atoms with van der Waals surface area (Å²) in [6.07, 6.45) is 3.86. The summed E-state index contributed by atoms with van der Waals surface area (Å²) < 4.78 is 1.94. The maximum absolute atomic E-state index is 13.5. The Hall–Kier alpha value is -3.59. The van der Waals surface area contributed by atoms with E-state index in [1.807, 2.05) is 120 Å². The lowest BCUT2D eigenvalue weighted by molar-refractivity contribution is -0.123. The molecule has 1 N–H and O–H groups in total. The molecule has 3 heteroatoms. The van der Waals surface area contributed by atoms with Crippen LogP contribution >= 0.6 is 0 Å². The zero-order valence-electron chi connectivity index (χ0n) is 15.5. The fraction of sp³-hybridized carbons (Fsp3) is 0.0800. The first kappa shape index (κ1) is 17.8. The van der Waals surface area contributed by atoms with Gasteiger partial charge >= 0.3 is 0 Å². The number of benzene rings is 3. The van der Waals surface area contributed by atoms with Crippen LogP contribution in [-0.2, 0) is 4.79 Å². The van der Waals surface area contributed by atoms with Crippen molar-refractivity contribution in [3.05, 3.63) is 132 Å². The van der Waals surface area contributed by atoms with Gasteiger partial charge in [-0.25, -0.2) is 0 Å². The van der Waals surface area contributed by atoms with Crippen LogP contribution in [0.3, 0.4) is 0 Å². The number of aromatic nitrogens is 1. The summed E-state index contributed by atoms with van der Waals surface area (Å²) in [5, 5.41) is 3.28. The molecule has 0 radical (unpaired) electrons. The maximum Gasteiger partial charge on any atom is 0.248 e. The molecule has 0 fully saturated rings. The third kappa shape index (κ3) is 3.89. The maximum atomic E-state index is 13.5. The molecule has 0 aliphatic heterocycles. The van der Waals surface area contributed by atoms with E-state index in [2.05, 4.69) is 5.32 Å². The highest BCUT2D eigenvalue weighted by molar-refractivity contribution is 5.84. The quantitative estimate of drug-likeness (QED) is 0.513. The second-order valence-electron chi connectivity index (χ2n) is 6.71. The molecule has 3 nitrogen and oxygen atoms in total. The predicted octanol–water partition coefficient (Wildman–Crippen LogP) is 4.98. The molecule has 0 saturated carbocycles. The zero-order valence-corrected chi connectivity index (χ0v) is 15.5. The average Bonchev–Trinajstić information content (AvgIpc) is 3.28. The van der Waals surface area contributed by atoms with Crippen molar-refractivity contribution in [3.63, 3.8) is 0 Å². The van der Waals surface area contributed by atoms with Crippen LogP contribution in [0.1, 0.15) is 28.8 Å². The molecule has 0 aliphatic rings. The summed E-state index contributed by atoms with van der Waals surface area (Å²) in [6.45, 7) is 0. The van der Waals surface area contributed by atoms with E-state index in [-0.39, 0.29) is 11.9 Å². The molecule has 0 spiro atoms. The molecule has 1 aromatic heterocycles. The van der Waals surface area contributed by atoms with Crippen molar-refractivity contribution >= 4 is 5.91 Å². The second kappa shape index (κ2) is 8.40. The van der Waals surface area contributed by atoms with Gasteiger partial charge in [0.05, 0.1) is 6.04 Å². The first-order chi connectivity index (χ1) is 13.8. The van der Waals surface area contributed by atoms with Gasteiger partial charge in [-0.15, -0.1) is 0 Å². The Morgan fingerprint density at radius 2 is 1.04 bits per heavy atom. The number of amides is 1. The molecule has 3 aromatic carbocycles. The van der Waals surface area contributed by atoms with Gasteiger partial charge in [0.25, 0.3) is 0 Å². The third-order valence-corrected chi connectivity index (χ3v) is 4.84. The molecule has 1 atom stereocenters.